The Labute approximate surface area is 109 Å². The third-order valence-electron chi connectivity index (χ3n) is 3.73. The molecule has 0 bridgehead atoms. The zero-order valence-electron chi connectivity index (χ0n) is 9.50. The lowest BCUT2D eigenvalue weighted by Crippen LogP contribution is -2.36. The molecular weight excluding hydrogens is 254 g/mol. The molecule has 2 aliphatic heterocycles. The van der Waals surface area contributed by atoms with Gasteiger partial charge in [0.05, 0.1) is 11.5 Å². The number of primary amides is 1. The summed E-state index contributed by atoms with van der Waals surface area (Å²) in [6.45, 7) is 0.403. The average Bonchev–Trinajstić information content (AvgIpc) is 2.86. The topological polar surface area (TPSA) is 84.2 Å². The Bertz CT molecular complexity index is 560. The molecule has 4 N–H and O–H groups in total. The van der Waals surface area contributed by atoms with Gasteiger partial charge in [0, 0.05) is 17.3 Å². The molecule has 0 radical (unpaired) electrons. The Morgan fingerprint density at radius 2 is 2.28 bits per heavy atom. The van der Waals surface area contributed by atoms with E-state index >= 15 is 0 Å². The molecule has 2 amide bonds. The number of carbonyl (C=O) groups is 2. The van der Waals surface area contributed by atoms with Gasteiger partial charge in [-0.1, -0.05) is 11.6 Å². The fraction of sp³-hybridized carbons (Fsp3) is 0.333. The molecule has 1 aromatic carbocycles. The Morgan fingerprint density at radius 3 is 2.94 bits per heavy atom. The minimum atomic E-state index is -0.722. The van der Waals surface area contributed by atoms with Crippen molar-refractivity contribution in [3.05, 3.63) is 28.8 Å². The van der Waals surface area contributed by atoms with Crippen molar-refractivity contribution < 1.29 is 9.59 Å². The van der Waals surface area contributed by atoms with E-state index in [-0.39, 0.29) is 5.91 Å². The van der Waals surface area contributed by atoms with Crippen molar-refractivity contribution in [1.29, 1.82) is 0 Å². The Kier molecular flexibility index (Phi) is 2.36. The number of hydrogen-bond donors (Lipinski definition) is 3. The van der Waals surface area contributed by atoms with Crippen LogP contribution in [0, 0.1) is 0 Å². The molecule has 2 aliphatic rings. The molecule has 1 fully saturated rings. The van der Waals surface area contributed by atoms with Crippen LogP contribution in [-0.2, 0) is 15.0 Å². The van der Waals surface area contributed by atoms with Gasteiger partial charge in [0.25, 0.3) is 0 Å². The van der Waals surface area contributed by atoms with Crippen LogP contribution in [0.5, 0.6) is 0 Å². The first-order valence-electron chi connectivity index (χ1n) is 5.67. The fourth-order valence-corrected chi connectivity index (χ4v) is 2.93. The average molecular weight is 266 g/mol. The van der Waals surface area contributed by atoms with Crippen molar-refractivity contribution in [2.75, 3.05) is 11.9 Å². The monoisotopic (exact) mass is 265 g/mol. The summed E-state index contributed by atoms with van der Waals surface area (Å²) in [5.74, 6) is -0.536. The van der Waals surface area contributed by atoms with Crippen LogP contribution in [0.15, 0.2) is 18.2 Å². The molecule has 94 valence electrons. The van der Waals surface area contributed by atoms with Crippen molar-refractivity contribution in [2.24, 2.45) is 5.73 Å². The number of fused-ring (bicyclic) bond motifs is 2. The van der Waals surface area contributed by atoms with E-state index in [9.17, 15) is 9.59 Å². The van der Waals surface area contributed by atoms with Gasteiger partial charge < -0.3 is 16.4 Å². The van der Waals surface area contributed by atoms with Gasteiger partial charge in [-0.05, 0) is 30.2 Å². The van der Waals surface area contributed by atoms with Crippen LogP contribution in [0.1, 0.15) is 12.0 Å². The number of nitrogens with one attached hydrogen (secondary N) is 2. The lowest BCUT2D eigenvalue weighted by atomic mass is 9.79. The summed E-state index contributed by atoms with van der Waals surface area (Å²) in [5, 5.41) is 6.40. The minimum absolute atomic E-state index is 0.101. The smallest absolute Gasteiger partial charge is 0.236 e. The van der Waals surface area contributed by atoms with Crippen molar-refractivity contribution in [3.63, 3.8) is 0 Å². The summed E-state index contributed by atoms with van der Waals surface area (Å²) in [7, 11) is 0. The third-order valence-corrected chi connectivity index (χ3v) is 3.96. The lowest BCUT2D eigenvalue weighted by Gasteiger charge is -2.20. The van der Waals surface area contributed by atoms with Crippen molar-refractivity contribution in [3.8, 4) is 0 Å². The Morgan fingerprint density at radius 1 is 1.50 bits per heavy atom. The summed E-state index contributed by atoms with van der Waals surface area (Å²) in [4.78, 5) is 23.4. The van der Waals surface area contributed by atoms with E-state index < -0.39 is 17.4 Å². The van der Waals surface area contributed by atoms with Gasteiger partial charge in [0.1, 0.15) is 0 Å². The Hall–Kier alpha value is -1.59. The SMILES string of the molecule is NC(=O)C1C[C@@]2(CN1)C(=O)Nc1ccc(Cl)cc12. The normalized spacial score (nSPS) is 29.4. The number of benzene rings is 1. The predicted octanol–water partition coefficient (Wildman–Crippen LogP) is 0.377. The molecular formula is C12H12ClN3O2. The largest absolute Gasteiger partial charge is 0.368 e. The second-order valence-corrected chi connectivity index (χ2v) is 5.20. The summed E-state index contributed by atoms with van der Waals surface area (Å²) in [6, 6.07) is 4.82. The molecule has 0 saturated carbocycles. The molecule has 1 aromatic rings. The molecule has 1 saturated heterocycles. The lowest BCUT2D eigenvalue weighted by molar-refractivity contribution is -0.120. The molecule has 6 heteroatoms. The van der Waals surface area contributed by atoms with Gasteiger partial charge in [-0.25, -0.2) is 0 Å². The first kappa shape index (κ1) is 11.5. The first-order chi connectivity index (χ1) is 8.53. The van der Waals surface area contributed by atoms with Crippen LogP contribution >= 0.6 is 11.6 Å². The van der Waals surface area contributed by atoms with Crippen LogP contribution < -0.4 is 16.4 Å². The second kappa shape index (κ2) is 3.70. The zero-order valence-corrected chi connectivity index (χ0v) is 10.3. The molecule has 3 rings (SSSR count). The van der Waals surface area contributed by atoms with E-state index in [4.69, 9.17) is 17.3 Å². The number of carbonyl (C=O) groups excluding carboxylic acids is 2. The standard InChI is InChI=1S/C12H12ClN3O2/c13-6-1-2-8-7(3-6)12(11(18)16-8)4-9(10(14)17)15-5-12/h1-3,9,15H,4-5H2,(H2,14,17)(H,16,18)/t9?,12-/m0/s1. The predicted molar refractivity (Wildman–Crippen MR) is 67.4 cm³/mol. The highest BCUT2D eigenvalue weighted by atomic mass is 35.5. The highest BCUT2D eigenvalue weighted by Crippen LogP contribution is 2.44. The van der Waals surface area contributed by atoms with Crippen LogP contribution in [0.2, 0.25) is 5.02 Å². The number of halogens is 1. The van der Waals surface area contributed by atoms with Gasteiger partial charge in [-0.3, -0.25) is 9.59 Å². The molecule has 1 spiro atoms. The van der Waals surface area contributed by atoms with E-state index in [1.54, 1.807) is 18.2 Å². The number of nitrogens with two attached hydrogens (primary N) is 1. The fourth-order valence-electron chi connectivity index (χ4n) is 2.76. The maximum Gasteiger partial charge on any atom is 0.236 e. The van der Waals surface area contributed by atoms with E-state index in [1.165, 1.54) is 0 Å². The van der Waals surface area contributed by atoms with E-state index in [0.717, 1.165) is 11.3 Å². The van der Waals surface area contributed by atoms with Crippen LogP contribution in [0.25, 0.3) is 0 Å². The number of anilines is 1. The molecule has 2 atom stereocenters. The van der Waals surface area contributed by atoms with Crippen LogP contribution in [0.4, 0.5) is 5.69 Å². The van der Waals surface area contributed by atoms with Gasteiger partial charge in [-0.15, -0.1) is 0 Å². The zero-order chi connectivity index (χ0) is 12.9. The molecule has 1 unspecified atom stereocenters. The van der Waals surface area contributed by atoms with Gasteiger partial charge in [-0.2, -0.15) is 0 Å². The van der Waals surface area contributed by atoms with E-state index in [2.05, 4.69) is 10.6 Å². The van der Waals surface area contributed by atoms with E-state index in [0.29, 0.717) is 18.0 Å². The number of rotatable bonds is 1. The Balaban J connectivity index is 2.06. The molecule has 0 aromatic heterocycles. The molecule has 5 nitrogen and oxygen atoms in total. The van der Waals surface area contributed by atoms with Crippen molar-refractivity contribution >= 4 is 29.1 Å². The quantitative estimate of drug-likeness (QED) is 0.686. The maximum absolute atomic E-state index is 12.2. The first-order valence-corrected chi connectivity index (χ1v) is 6.05. The minimum Gasteiger partial charge on any atom is -0.368 e. The summed E-state index contributed by atoms with van der Waals surface area (Å²) < 4.78 is 0. The molecule has 0 aliphatic carbocycles. The van der Waals surface area contributed by atoms with Gasteiger partial charge in [0.2, 0.25) is 11.8 Å². The summed E-state index contributed by atoms with van der Waals surface area (Å²) >= 11 is 5.98. The number of amides is 2. The summed E-state index contributed by atoms with van der Waals surface area (Å²) in [5.41, 5.74) is 6.17. The molecule has 18 heavy (non-hydrogen) atoms. The highest BCUT2D eigenvalue weighted by Gasteiger charge is 2.52. The van der Waals surface area contributed by atoms with Crippen LogP contribution in [0.3, 0.4) is 0 Å². The van der Waals surface area contributed by atoms with Gasteiger partial charge >= 0.3 is 0 Å². The van der Waals surface area contributed by atoms with Crippen molar-refractivity contribution in [1.82, 2.24) is 5.32 Å². The van der Waals surface area contributed by atoms with Crippen molar-refractivity contribution in [2.45, 2.75) is 17.9 Å². The highest BCUT2D eigenvalue weighted by molar-refractivity contribution is 6.31. The molecule has 2 heterocycles. The van der Waals surface area contributed by atoms with Gasteiger partial charge in [0.15, 0.2) is 0 Å². The van der Waals surface area contributed by atoms with Crippen LogP contribution in [-0.4, -0.2) is 24.4 Å². The van der Waals surface area contributed by atoms with E-state index in [1.807, 2.05) is 0 Å². The third kappa shape index (κ3) is 1.44. The maximum atomic E-state index is 12.2. The summed E-state index contributed by atoms with van der Waals surface area (Å²) in [6.07, 6.45) is 0.376. The second-order valence-electron chi connectivity index (χ2n) is 4.77. The number of hydrogen-bond acceptors (Lipinski definition) is 3.